The number of carbonyl (C=O) groups is 1. The average Bonchev–Trinajstić information content (AvgIpc) is 2.77. The number of rotatable bonds is 3. The first kappa shape index (κ1) is 13.6. The lowest BCUT2D eigenvalue weighted by molar-refractivity contribution is -0.116. The Bertz CT molecular complexity index is 696. The lowest BCUT2D eigenvalue weighted by Gasteiger charge is -2.25. The summed E-state index contributed by atoms with van der Waals surface area (Å²) in [5.74, 6) is -0.138. The van der Waals surface area contributed by atoms with Crippen LogP contribution in [0.4, 0.5) is 17.1 Å². The van der Waals surface area contributed by atoms with Crippen LogP contribution in [-0.2, 0) is 4.79 Å². The number of carbonyl (C=O) groups excluding carboxylic acids is 1. The molecule has 0 saturated carbocycles. The molecule has 0 fully saturated rings. The van der Waals surface area contributed by atoms with Gasteiger partial charge in [0.15, 0.2) is 0 Å². The van der Waals surface area contributed by atoms with Gasteiger partial charge in [0.25, 0.3) is 0 Å². The summed E-state index contributed by atoms with van der Waals surface area (Å²) in [4.78, 5) is 13.9. The molecular formula is C17H19N3O. The maximum atomic E-state index is 11.7. The predicted molar refractivity (Wildman–Crippen MR) is 85.9 cm³/mol. The van der Waals surface area contributed by atoms with Gasteiger partial charge >= 0.3 is 0 Å². The molecule has 0 aliphatic carbocycles. The highest BCUT2D eigenvalue weighted by atomic mass is 16.2. The first-order valence-corrected chi connectivity index (χ1v) is 7.15. The van der Waals surface area contributed by atoms with Crippen LogP contribution in [0.2, 0.25) is 0 Å². The molecule has 1 amide bonds. The van der Waals surface area contributed by atoms with Crippen molar-refractivity contribution in [3.05, 3.63) is 53.6 Å². The molecule has 0 bridgehead atoms. The van der Waals surface area contributed by atoms with E-state index < -0.39 is 6.04 Å². The molecule has 0 saturated heterocycles. The van der Waals surface area contributed by atoms with Crippen LogP contribution in [0.25, 0.3) is 0 Å². The summed E-state index contributed by atoms with van der Waals surface area (Å²) in [7, 11) is 0. The van der Waals surface area contributed by atoms with Crippen molar-refractivity contribution >= 4 is 23.0 Å². The van der Waals surface area contributed by atoms with E-state index in [1.54, 1.807) is 0 Å². The Hall–Kier alpha value is -2.33. The summed E-state index contributed by atoms with van der Waals surface area (Å²) in [6.07, 6.45) is 0. The topological polar surface area (TPSA) is 58.4 Å². The van der Waals surface area contributed by atoms with Gasteiger partial charge in [-0.05, 0) is 37.6 Å². The number of hydrogen-bond donors (Lipinski definition) is 2. The quantitative estimate of drug-likeness (QED) is 0.909. The van der Waals surface area contributed by atoms with Crippen molar-refractivity contribution in [1.82, 2.24) is 0 Å². The minimum atomic E-state index is -0.553. The summed E-state index contributed by atoms with van der Waals surface area (Å²) in [5.41, 5.74) is 11.0. The van der Waals surface area contributed by atoms with Gasteiger partial charge in [-0.1, -0.05) is 24.3 Å². The predicted octanol–water partition coefficient (Wildman–Crippen LogP) is 3.10. The molecule has 1 unspecified atom stereocenters. The zero-order valence-electron chi connectivity index (χ0n) is 12.3. The molecular weight excluding hydrogens is 262 g/mol. The van der Waals surface area contributed by atoms with Crippen LogP contribution < -0.4 is 16.0 Å². The SMILES string of the molecule is CCN(c1ccc2c(c1)NC(=O)C2N)c1ccccc1C. The summed E-state index contributed by atoms with van der Waals surface area (Å²) >= 11 is 0. The van der Waals surface area contributed by atoms with Crippen LogP contribution >= 0.6 is 0 Å². The van der Waals surface area contributed by atoms with Crippen molar-refractivity contribution in [3.63, 3.8) is 0 Å². The molecule has 21 heavy (non-hydrogen) atoms. The molecule has 4 heteroatoms. The Morgan fingerprint density at radius 2 is 2.00 bits per heavy atom. The third kappa shape index (κ3) is 2.28. The van der Waals surface area contributed by atoms with Gasteiger partial charge in [-0.2, -0.15) is 0 Å². The summed E-state index contributed by atoms with van der Waals surface area (Å²) in [6, 6.07) is 13.7. The standard InChI is InChI=1S/C17H19N3O/c1-3-20(15-7-5-4-6-11(15)2)12-8-9-13-14(10-12)19-17(21)16(13)18/h4-10,16H,3,18H2,1-2H3,(H,19,21). The smallest absolute Gasteiger partial charge is 0.245 e. The molecule has 1 heterocycles. The molecule has 3 N–H and O–H groups in total. The third-order valence-electron chi connectivity index (χ3n) is 3.95. The molecule has 108 valence electrons. The second-order valence-electron chi connectivity index (χ2n) is 5.27. The number of aryl methyl sites for hydroxylation is 1. The molecule has 1 atom stereocenters. The van der Waals surface area contributed by atoms with Crippen molar-refractivity contribution in [1.29, 1.82) is 0 Å². The summed E-state index contributed by atoms with van der Waals surface area (Å²) < 4.78 is 0. The number of hydrogen-bond acceptors (Lipinski definition) is 3. The van der Waals surface area contributed by atoms with Crippen molar-refractivity contribution < 1.29 is 4.79 Å². The van der Waals surface area contributed by atoms with Gasteiger partial charge in [0.2, 0.25) is 5.91 Å². The van der Waals surface area contributed by atoms with Gasteiger partial charge in [0, 0.05) is 29.2 Å². The molecule has 0 aromatic heterocycles. The van der Waals surface area contributed by atoms with Gasteiger partial charge in [-0.25, -0.2) is 0 Å². The van der Waals surface area contributed by atoms with Crippen LogP contribution in [0.5, 0.6) is 0 Å². The van der Waals surface area contributed by atoms with E-state index >= 15 is 0 Å². The lowest BCUT2D eigenvalue weighted by atomic mass is 10.1. The largest absolute Gasteiger partial charge is 0.341 e. The van der Waals surface area contributed by atoms with Gasteiger partial charge in [-0.3, -0.25) is 4.79 Å². The highest BCUT2D eigenvalue weighted by molar-refractivity contribution is 6.03. The first-order chi connectivity index (χ1) is 10.1. The molecule has 0 radical (unpaired) electrons. The van der Waals surface area contributed by atoms with E-state index in [2.05, 4.69) is 36.2 Å². The maximum Gasteiger partial charge on any atom is 0.245 e. The summed E-state index contributed by atoms with van der Waals surface area (Å²) in [5, 5.41) is 2.84. The van der Waals surface area contributed by atoms with Crippen molar-refractivity contribution in [2.45, 2.75) is 19.9 Å². The Balaban J connectivity index is 2.02. The van der Waals surface area contributed by atoms with E-state index in [-0.39, 0.29) is 5.91 Å². The maximum absolute atomic E-state index is 11.7. The number of amides is 1. The fraction of sp³-hybridized carbons (Fsp3) is 0.235. The zero-order chi connectivity index (χ0) is 15.0. The van der Waals surface area contributed by atoms with E-state index in [0.29, 0.717) is 0 Å². The second-order valence-corrected chi connectivity index (χ2v) is 5.27. The second kappa shape index (κ2) is 5.22. The monoisotopic (exact) mass is 281 g/mol. The Kier molecular flexibility index (Phi) is 3.39. The van der Waals surface area contributed by atoms with Gasteiger partial charge in [0.05, 0.1) is 0 Å². The first-order valence-electron chi connectivity index (χ1n) is 7.15. The number of nitrogens with two attached hydrogens (primary N) is 1. The van der Waals surface area contributed by atoms with E-state index in [4.69, 9.17) is 5.73 Å². The molecule has 2 aromatic carbocycles. The Morgan fingerprint density at radius 3 is 2.71 bits per heavy atom. The zero-order valence-corrected chi connectivity index (χ0v) is 12.3. The molecule has 3 rings (SSSR count). The van der Waals surface area contributed by atoms with Gasteiger partial charge in [-0.15, -0.1) is 0 Å². The number of benzene rings is 2. The summed E-state index contributed by atoms with van der Waals surface area (Å²) in [6.45, 7) is 5.07. The fourth-order valence-corrected chi connectivity index (χ4v) is 2.80. The minimum Gasteiger partial charge on any atom is -0.341 e. The normalized spacial score (nSPS) is 16.5. The van der Waals surface area contributed by atoms with Crippen LogP contribution in [0.15, 0.2) is 42.5 Å². The van der Waals surface area contributed by atoms with Crippen LogP contribution in [0, 0.1) is 6.92 Å². The van der Waals surface area contributed by atoms with Gasteiger partial charge < -0.3 is 16.0 Å². The van der Waals surface area contributed by atoms with Crippen molar-refractivity contribution in [2.24, 2.45) is 5.73 Å². The number of para-hydroxylation sites is 1. The van der Waals surface area contributed by atoms with E-state index in [0.717, 1.165) is 23.5 Å². The number of fused-ring (bicyclic) bond motifs is 1. The number of anilines is 3. The Morgan fingerprint density at radius 1 is 1.24 bits per heavy atom. The number of nitrogens with one attached hydrogen (secondary N) is 1. The number of nitrogens with zero attached hydrogens (tertiary/aromatic N) is 1. The van der Waals surface area contributed by atoms with Gasteiger partial charge in [0.1, 0.15) is 6.04 Å². The van der Waals surface area contributed by atoms with Crippen LogP contribution in [-0.4, -0.2) is 12.5 Å². The van der Waals surface area contributed by atoms with Crippen LogP contribution in [0.1, 0.15) is 24.1 Å². The molecule has 1 aliphatic rings. The van der Waals surface area contributed by atoms with Crippen molar-refractivity contribution in [2.75, 3.05) is 16.8 Å². The lowest BCUT2D eigenvalue weighted by Crippen LogP contribution is -2.19. The van der Waals surface area contributed by atoms with Crippen molar-refractivity contribution in [3.8, 4) is 0 Å². The van der Waals surface area contributed by atoms with E-state index in [1.165, 1.54) is 11.3 Å². The molecule has 2 aromatic rings. The molecule has 0 spiro atoms. The van der Waals surface area contributed by atoms with E-state index in [9.17, 15) is 4.79 Å². The minimum absolute atomic E-state index is 0.138. The average molecular weight is 281 g/mol. The molecule has 1 aliphatic heterocycles. The molecule has 4 nitrogen and oxygen atoms in total. The highest BCUT2D eigenvalue weighted by Gasteiger charge is 2.27. The third-order valence-corrected chi connectivity index (χ3v) is 3.95. The fourth-order valence-electron chi connectivity index (χ4n) is 2.80. The van der Waals surface area contributed by atoms with Crippen LogP contribution in [0.3, 0.4) is 0 Å². The van der Waals surface area contributed by atoms with E-state index in [1.807, 2.05) is 30.3 Å². The highest BCUT2D eigenvalue weighted by Crippen LogP contribution is 2.35. The Labute approximate surface area is 124 Å².